The number of ether oxygens (including phenoxy) is 1. The topological polar surface area (TPSA) is 69.0 Å². The van der Waals surface area contributed by atoms with E-state index >= 15 is 0 Å². The molecule has 152 valence electrons. The van der Waals surface area contributed by atoms with Crippen LogP contribution in [0.2, 0.25) is 0 Å². The van der Waals surface area contributed by atoms with Crippen molar-refractivity contribution in [2.75, 3.05) is 18.2 Å². The van der Waals surface area contributed by atoms with E-state index in [0.717, 1.165) is 58.7 Å². The van der Waals surface area contributed by atoms with E-state index in [2.05, 4.69) is 33.7 Å². The Morgan fingerprint density at radius 3 is 2.90 bits per heavy atom. The third-order valence-corrected chi connectivity index (χ3v) is 6.46. The number of anilines is 1. The first kappa shape index (κ1) is 19.9. The van der Waals surface area contributed by atoms with E-state index < -0.39 is 0 Å². The molecule has 0 spiro atoms. The summed E-state index contributed by atoms with van der Waals surface area (Å²) >= 11 is 1.65. The highest BCUT2D eigenvalue weighted by molar-refractivity contribution is 7.98. The van der Waals surface area contributed by atoms with Crippen LogP contribution in [0.15, 0.2) is 35.5 Å². The SMILES string of the molecule is CSc1ccccc1CC(=O)Nc1ncnc2c1c(C)c(C)n2C[C@@H]1CCCO1. The van der Waals surface area contributed by atoms with E-state index in [0.29, 0.717) is 12.2 Å². The van der Waals surface area contributed by atoms with Crippen molar-refractivity contribution in [3.8, 4) is 0 Å². The molecule has 1 aliphatic heterocycles. The summed E-state index contributed by atoms with van der Waals surface area (Å²) in [5.74, 6) is 0.503. The molecule has 1 N–H and O–H groups in total. The number of fused-ring (bicyclic) bond motifs is 1. The summed E-state index contributed by atoms with van der Waals surface area (Å²) in [6.45, 7) is 5.76. The number of nitrogens with one attached hydrogen (secondary N) is 1. The zero-order chi connectivity index (χ0) is 20.4. The first-order valence-corrected chi connectivity index (χ1v) is 11.1. The van der Waals surface area contributed by atoms with Gasteiger partial charge < -0.3 is 14.6 Å². The lowest BCUT2D eigenvalue weighted by Gasteiger charge is -2.13. The number of benzene rings is 1. The Morgan fingerprint density at radius 2 is 2.14 bits per heavy atom. The van der Waals surface area contributed by atoms with Gasteiger partial charge in [0, 0.05) is 17.2 Å². The van der Waals surface area contributed by atoms with Gasteiger partial charge in [0.2, 0.25) is 5.91 Å². The second kappa shape index (κ2) is 8.55. The maximum absolute atomic E-state index is 12.8. The molecular weight excluding hydrogens is 384 g/mol. The van der Waals surface area contributed by atoms with Crippen molar-refractivity contribution in [1.82, 2.24) is 14.5 Å². The Balaban J connectivity index is 1.61. The monoisotopic (exact) mass is 410 g/mol. The lowest BCUT2D eigenvalue weighted by molar-refractivity contribution is -0.115. The Hall–Kier alpha value is -2.38. The van der Waals surface area contributed by atoms with Gasteiger partial charge in [-0.1, -0.05) is 18.2 Å². The molecule has 0 aliphatic carbocycles. The molecule has 1 aliphatic rings. The summed E-state index contributed by atoms with van der Waals surface area (Å²) in [6, 6.07) is 7.98. The van der Waals surface area contributed by atoms with E-state index in [1.54, 1.807) is 11.8 Å². The van der Waals surface area contributed by atoms with Gasteiger partial charge in [0.1, 0.15) is 17.8 Å². The standard InChI is InChI=1S/C22H26N4O2S/c1-14-15(2)26(12-17-8-6-10-28-17)22-20(14)21(23-13-24-22)25-19(27)11-16-7-4-5-9-18(16)29-3/h4-5,7,9,13,17H,6,8,10-12H2,1-3H3,(H,23,24,25,27)/t17-/m0/s1. The zero-order valence-electron chi connectivity index (χ0n) is 17.1. The van der Waals surface area contributed by atoms with E-state index in [-0.39, 0.29) is 12.0 Å². The summed E-state index contributed by atoms with van der Waals surface area (Å²) in [7, 11) is 0. The molecular formula is C22H26N4O2S. The summed E-state index contributed by atoms with van der Waals surface area (Å²) in [5.41, 5.74) is 4.11. The summed E-state index contributed by atoms with van der Waals surface area (Å²) in [5, 5.41) is 3.93. The first-order valence-electron chi connectivity index (χ1n) is 9.92. The van der Waals surface area contributed by atoms with Crippen LogP contribution in [0.1, 0.15) is 29.7 Å². The van der Waals surface area contributed by atoms with Gasteiger partial charge in [-0.2, -0.15) is 0 Å². The quantitative estimate of drug-likeness (QED) is 0.619. The fourth-order valence-electron chi connectivity index (χ4n) is 3.98. The van der Waals surface area contributed by atoms with Gasteiger partial charge in [-0.15, -0.1) is 11.8 Å². The number of carbonyl (C=O) groups excluding carboxylic acids is 1. The van der Waals surface area contributed by atoms with Crippen LogP contribution in [0.5, 0.6) is 0 Å². The number of aryl methyl sites for hydroxylation is 1. The van der Waals surface area contributed by atoms with Crippen LogP contribution in [0.3, 0.4) is 0 Å². The van der Waals surface area contributed by atoms with Crippen LogP contribution in [-0.4, -0.2) is 39.4 Å². The molecule has 7 heteroatoms. The molecule has 3 heterocycles. The molecule has 1 fully saturated rings. The number of rotatable bonds is 6. The Bertz CT molecular complexity index is 1040. The van der Waals surface area contributed by atoms with Crippen molar-refractivity contribution in [1.29, 1.82) is 0 Å². The molecule has 2 aromatic heterocycles. The summed E-state index contributed by atoms with van der Waals surface area (Å²) < 4.78 is 8.01. The van der Waals surface area contributed by atoms with Crippen LogP contribution < -0.4 is 5.32 Å². The number of hydrogen-bond donors (Lipinski definition) is 1. The Morgan fingerprint density at radius 1 is 1.31 bits per heavy atom. The highest BCUT2D eigenvalue weighted by Crippen LogP contribution is 2.30. The average molecular weight is 411 g/mol. The summed E-state index contributed by atoms with van der Waals surface area (Å²) in [4.78, 5) is 22.8. The first-order chi connectivity index (χ1) is 14.1. The number of nitrogens with zero attached hydrogens (tertiary/aromatic N) is 3. The van der Waals surface area contributed by atoms with Crippen molar-refractivity contribution in [3.63, 3.8) is 0 Å². The third-order valence-electron chi connectivity index (χ3n) is 5.62. The molecule has 1 saturated heterocycles. The highest BCUT2D eigenvalue weighted by atomic mass is 32.2. The number of carbonyl (C=O) groups is 1. The maximum Gasteiger partial charge on any atom is 0.230 e. The normalized spacial score (nSPS) is 16.4. The Labute approximate surface area is 175 Å². The van der Waals surface area contributed by atoms with Gasteiger partial charge >= 0.3 is 0 Å². The Kier molecular flexibility index (Phi) is 5.87. The van der Waals surface area contributed by atoms with Gasteiger partial charge in [-0.25, -0.2) is 9.97 Å². The number of thioether (sulfide) groups is 1. The average Bonchev–Trinajstić information content (AvgIpc) is 3.32. The second-order valence-electron chi connectivity index (χ2n) is 7.41. The van der Waals surface area contributed by atoms with Gasteiger partial charge in [0.25, 0.3) is 0 Å². The lowest BCUT2D eigenvalue weighted by Crippen LogP contribution is -2.17. The van der Waals surface area contributed by atoms with Crippen molar-refractivity contribution in [2.45, 2.75) is 50.7 Å². The molecule has 0 unspecified atom stereocenters. The highest BCUT2D eigenvalue weighted by Gasteiger charge is 2.22. The third kappa shape index (κ3) is 4.02. The largest absolute Gasteiger partial charge is 0.376 e. The van der Waals surface area contributed by atoms with Crippen molar-refractivity contribution in [2.24, 2.45) is 0 Å². The number of hydrogen-bond acceptors (Lipinski definition) is 5. The fraction of sp³-hybridized carbons (Fsp3) is 0.409. The minimum atomic E-state index is -0.0737. The fourth-order valence-corrected chi connectivity index (χ4v) is 4.59. The van der Waals surface area contributed by atoms with Crippen molar-refractivity contribution < 1.29 is 9.53 Å². The van der Waals surface area contributed by atoms with Crippen molar-refractivity contribution >= 4 is 34.5 Å². The molecule has 3 aromatic rings. The van der Waals surface area contributed by atoms with Crippen LogP contribution in [0, 0.1) is 13.8 Å². The number of aromatic nitrogens is 3. The van der Waals surface area contributed by atoms with Gasteiger partial charge in [-0.05, 0) is 50.1 Å². The van der Waals surface area contributed by atoms with Gasteiger partial charge in [-0.3, -0.25) is 4.79 Å². The molecule has 0 saturated carbocycles. The second-order valence-corrected chi connectivity index (χ2v) is 8.26. The molecule has 0 bridgehead atoms. The predicted molar refractivity (Wildman–Crippen MR) is 117 cm³/mol. The van der Waals surface area contributed by atoms with Gasteiger partial charge in [0.15, 0.2) is 0 Å². The van der Waals surface area contributed by atoms with Gasteiger partial charge in [0.05, 0.1) is 24.5 Å². The predicted octanol–water partition coefficient (Wildman–Crippen LogP) is 4.13. The lowest BCUT2D eigenvalue weighted by atomic mass is 10.1. The molecule has 4 rings (SSSR count). The molecule has 1 aromatic carbocycles. The van der Waals surface area contributed by atoms with E-state index in [9.17, 15) is 4.79 Å². The minimum Gasteiger partial charge on any atom is -0.376 e. The smallest absolute Gasteiger partial charge is 0.230 e. The number of amides is 1. The van der Waals surface area contributed by atoms with Crippen LogP contribution in [0.25, 0.3) is 11.0 Å². The zero-order valence-corrected chi connectivity index (χ0v) is 17.9. The summed E-state index contributed by atoms with van der Waals surface area (Å²) in [6.07, 6.45) is 6.26. The van der Waals surface area contributed by atoms with E-state index in [1.807, 2.05) is 30.5 Å². The molecule has 29 heavy (non-hydrogen) atoms. The molecule has 1 amide bonds. The van der Waals surface area contributed by atoms with Crippen LogP contribution in [0.4, 0.5) is 5.82 Å². The molecule has 6 nitrogen and oxygen atoms in total. The molecule has 1 atom stereocenters. The molecule has 0 radical (unpaired) electrons. The maximum atomic E-state index is 12.8. The van der Waals surface area contributed by atoms with E-state index in [1.165, 1.54) is 6.33 Å². The minimum absolute atomic E-state index is 0.0737. The van der Waals surface area contributed by atoms with Crippen molar-refractivity contribution in [3.05, 3.63) is 47.4 Å². The van der Waals surface area contributed by atoms with Crippen LogP contribution in [-0.2, 0) is 22.5 Å². The van der Waals surface area contributed by atoms with E-state index in [4.69, 9.17) is 4.74 Å². The van der Waals surface area contributed by atoms with Crippen LogP contribution >= 0.6 is 11.8 Å².